The van der Waals surface area contributed by atoms with Crippen LogP contribution >= 0.6 is 0 Å². The van der Waals surface area contributed by atoms with Crippen LogP contribution in [0.15, 0.2) is 41.1 Å². The van der Waals surface area contributed by atoms with Gasteiger partial charge in [-0.25, -0.2) is 9.59 Å². The van der Waals surface area contributed by atoms with Gasteiger partial charge in [-0.2, -0.15) is 26.3 Å². The number of carboxylic acids is 2. The lowest BCUT2D eigenvalue weighted by Crippen LogP contribution is -2.42. The van der Waals surface area contributed by atoms with Crippen molar-refractivity contribution in [1.82, 2.24) is 9.88 Å². The Hall–Kier alpha value is -3.17. The Bertz CT molecular complexity index is 1010. The average molecular weight is 556 g/mol. The first-order chi connectivity index (χ1) is 17.7. The summed E-state index contributed by atoms with van der Waals surface area (Å²) in [5.74, 6) is -3.53. The number of rotatable bonds is 5. The molecule has 3 heterocycles. The summed E-state index contributed by atoms with van der Waals surface area (Å²) in [4.78, 5) is 24.4. The van der Waals surface area contributed by atoms with E-state index in [2.05, 4.69) is 22.0 Å². The van der Waals surface area contributed by atoms with Crippen LogP contribution in [0.5, 0.6) is 0 Å². The van der Waals surface area contributed by atoms with Crippen LogP contribution < -0.4 is 0 Å². The van der Waals surface area contributed by atoms with Crippen molar-refractivity contribution in [3.63, 3.8) is 0 Å². The van der Waals surface area contributed by atoms with Crippen molar-refractivity contribution in [2.24, 2.45) is 0 Å². The van der Waals surface area contributed by atoms with Crippen LogP contribution in [0.1, 0.15) is 29.9 Å². The molecule has 1 saturated heterocycles. The quantitative estimate of drug-likeness (QED) is 0.522. The summed E-state index contributed by atoms with van der Waals surface area (Å²) < 4.78 is 81.6. The molecule has 0 amide bonds. The number of nitrogens with zero attached hydrogens (tertiary/aromatic N) is 2. The molecule has 0 radical (unpaired) electrons. The minimum absolute atomic E-state index is 0.115. The molecule has 4 rings (SSSR count). The second kappa shape index (κ2) is 13.6. The fourth-order valence-electron chi connectivity index (χ4n) is 3.83. The Labute approximate surface area is 213 Å². The van der Waals surface area contributed by atoms with Gasteiger partial charge in [-0.15, -0.1) is 0 Å². The summed E-state index contributed by atoms with van der Waals surface area (Å²) in [5.41, 5.74) is 1.11. The molecule has 9 nitrogen and oxygen atoms in total. The number of carbonyl (C=O) groups is 2. The first-order valence-electron chi connectivity index (χ1n) is 11.2. The molecule has 0 aromatic carbocycles. The van der Waals surface area contributed by atoms with Gasteiger partial charge in [-0.1, -0.05) is 6.07 Å². The van der Waals surface area contributed by atoms with Crippen LogP contribution in [-0.2, 0) is 32.2 Å². The number of aliphatic carboxylic acids is 2. The number of halogens is 6. The highest BCUT2D eigenvalue weighted by molar-refractivity contribution is 5.73. The van der Waals surface area contributed by atoms with Gasteiger partial charge in [0, 0.05) is 25.0 Å². The topological polar surface area (TPSA) is 122 Å². The lowest BCUT2D eigenvalue weighted by molar-refractivity contribution is -0.193. The number of carboxylic acid groups (broad SMARTS) is 2. The van der Waals surface area contributed by atoms with Gasteiger partial charge in [0.15, 0.2) is 0 Å². The third kappa shape index (κ3) is 9.95. The summed E-state index contributed by atoms with van der Waals surface area (Å²) in [6.45, 7) is 5.08. The molecule has 212 valence electrons. The van der Waals surface area contributed by atoms with E-state index in [0.717, 1.165) is 49.6 Å². The van der Waals surface area contributed by atoms with Gasteiger partial charge in [0.1, 0.15) is 11.5 Å². The molecular weight excluding hydrogens is 530 g/mol. The predicted octanol–water partition coefficient (Wildman–Crippen LogP) is 4.20. The third-order valence-electron chi connectivity index (χ3n) is 5.48. The standard InChI is InChI=1S/C19H24N2O3.2C2HF3O2/c1-14-4-5-16(24-14)12-21-9-10-22-18-7-6-17(21)19(18)23-13-15-3-2-8-20-11-15;2*3-2(4,5)1(6)7/h2-5,8,11,17-19H,6-7,9-10,12-13H2,1H3;2*(H,6,7). The van der Waals surface area contributed by atoms with Crippen LogP contribution in [0, 0.1) is 6.92 Å². The monoisotopic (exact) mass is 556 g/mol. The molecule has 1 aliphatic carbocycles. The zero-order valence-electron chi connectivity index (χ0n) is 20.0. The van der Waals surface area contributed by atoms with Gasteiger partial charge in [-0.05, 0) is 43.5 Å². The lowest BCUT2D eigenvalue weighted by Gasteiger charge is -2.30. The summed E-state index contributed by atoms with van der Waals surface area (Å²) >= 11 is 0. The van der Waals surface area contributed by atoms with E-state index >= 15 is 0 Å². The van der Waals surface area contributed by atoms with Crippen LogP contribution in [0.3, 0.4) is 0 Å². The van der Waals surface area contributed by atoms with Crippen LogP contribution in [0.25, 0.3) is 0 Å². The zero-order valence-corrected chi connectivity index (χ0v) is 20.0. The van der Waals surface area contributed by atoms with Crippen LogP contribution in [0.2, 0.25) is 0 Å². The van der Waals surface area contributed by atoms with E-state index in [0.29, 0.717) is 12.6 Å². The van der Waals surface area contributed by atoms with Crippen molar-refractivity contribution in [3.05, 3.63) is 53.7 Å². The van der Waals surface area contributed by atoms with E-state index in [9.17, 15) is 26.3 Å². The molecular formula is C23H26F6N2O7. The maximum Gasteiger partial charge on any atom is 0.490 e. The molecule has 3 atom stereocenters. The van der Waals surface area contributed by atoms with Crippen molar-refractivity contribution in [1.29, 1.82) is 0 Å². The maximum atomic E-state index is 10.6. The van der Waals surface area contributed by atoms with Gasteiger partial charge < -0.3 is 24.1 Å². The molecule has 1 aliphatic heterocycles. The number of ether oxygens (including phenoxy) is 2. The number of hydrogen-bond acceptors (Lipinski definition) is 7. The summed E-state index contributed by atoms with van der Waals surface area (Å²) in [7, 11) is 0. The molecule has 1 saturated carbocycles. The molecule has 2 aliphatic rings. The fourth-order valence-corrected chi connectivity index (χ4v) is 3.83. The molecule has 38 heavy (non-hydrogen) atoms. The van der Waals surface area contributed by atoms with Crippen molar-refractivity contribution < 1.29 is 60.0 Å². The Morgan fingerprint density at radius 3 is 2.21 bits per heavy atom. The number of hydrogen-bond donors (Lipinski definition) is 2. The third-order valence-corrected chi connectivity index (χ3v) is 5.48. The number of alkyl halides is 6. The molecule has 15 heteroatoms. The minimum Gasteiger partial charge on any atom is -0.475 e. The van der Waals surface area contributed by atoms with Crippen LogP contribution in [0.4, 0.5) is 26.3 Å². The zero-order chi connectivity index (χ0) is 28.5. The van der Waals surface area contributed by atoms with Gasteiger partial charge >= 0.3 is 24.3 Å². The van der Waals surface area contributed by atoms with E-state index in [-0.39, 0.29) is 12.2 Å². The molecule has 2 aromatic heterocycles. The molecule has 2 fully saturated rings. The Kier molecular flexibility index (Phi) is 11.1. The highest BCUT2D eigenvalue weighted by Crippen LogP contribution is 2.33. The second-order valence-corrected chi connectivity index (χ2v) is 8.28. The summed E-state index contributed by atoms with van der Waals surface area (Å²) in [5, 5.41) is 14.2. The van der Waals surface area contributed by atoms with Crippen molar-refractivity contribution in [2.75, 3.05) is 13.2 Å². The van der Waals surface area contributed by atoms with E-state index < -0.39 is 24.3 Å². The van der Waals surface area contributed by atoms with Crippen molar-refractivity contribution >= 4 is 11.9 Å². The maximum absolute atomic E-state index is 10.6. The first kappa shape index (κ1) is 31.1. The van der Waals surface area contributed by atoms with Gasteiger partial charge in [-0.3, -0.25) is 9.88 Å². The van der Waals surface area contributed by atoms with Crippen LogP contribution in [-0.4, -0.2) is 75.8 Å². The minimum atomic E-state index is -5.08. The largest absolute Gasteiger partial charge is 0.490 e. The number of aromatic nitrogens is 1. The normalized spacial score (nSPS) is 21.4. The highest BCUT2D eigenvalue weighted by Gasteiger charge is 2.43. The number of furan rings is 1. The second-order valence-electron chi connectivity index (χ2n) is 8.28. The van der Waals surface area contributed by atoms with E-state index in [1.165, 1.54) is 0 Å². The SMILES string of the molecule is Cc1ccc(CN2CCOC3CCC2C3OCc2cccnc2)o1.O=C(O)C(F)(F)F.O=C(O)C(F)(F)F. The lowest BCUT2D eigenvalue weighted by atomic mass is 10.1. The Morgan fingerprint density at radius 1 is 1.08 bits per heavy atom. The molecule has 3 unspecified atom stereocenters. The van der Waals surface area contributed by atoms with Gasteiger partial charge in [0.2, 0.25) is 0 Å². The van der Waals surface area contributed by atoms with Crippen molar-refractivity contribution in [2.45, 2.75) is 63.5 Å². The highest BCUT2D eigenvalue weighted by atomic mass is 19.4. The molecule has 0 spiro atoms. The average Bonchev–Trinajstić information content (AvgIpc) is 3.37. The van der Waals surface area contributed by atoms with E-state index in [1.807, 2.05) is 25.3 Å². The smallest absolute Gasteiger partial charge is 0.475 e. The van der Waals surface area contributed by atoms with E-state index in [4.69, 9.17) is 33.7 Å². The Balaban J connectivity index is 0.000000301. The molecule has 2 N–H and O–H groups in total. The number of aryl methyl sites for hydroxylation is 1. The summed E-state index contributed by atoms with van der Waals surface area (Å²) in [6, 6.07) is 8.48. The van der Waals surface area contributed by atoms with E-state index in [1.54, 1.807) is 6.20 Å². The molecule has 2 aromatic rings. The predicted molar refractivity (Wildman–Crippen MR) is 117 cm³/mol. The fraction of sp³-hybridized carbons (Fsp3) is 0.522. The Morgan fingerprint density at radius 2 is 1.71 bits per heavy atom. The first-order valence-corrected chi connectivity index (χ1v) is 11.2. The van der Waals surface area contributed by atoms with Gasteiger partial charge in [0.25, 0.3) is 0 Å². The van der Waals surface area contributed by atoms with Crippen molar-refractivity contribution in [3.8, 4) is 0 Å². The summed E-state index contributed by atoms with van der Waals surface area (Å²) in [6.07, 6.45) is -4.02. The molecule has 2 bridgehead atoms. The number of pyridine rings is 1. The number of fused-ring (bicyclic) bond motifs is 2. The van der Waals surface area contributed by atoms with Gasteiger partial charge in [0.05, 0.1) is 32.0 Å².